The molecule has 6 nitrogen and oxygen atoms in total. The van der Waals surface area contributed by atoms with Crippen molar-refractivity contribution >= 4 is 12.6 Å². The second-order valence-electron chi connectivity index (χ2n) is 4.56. The lowest BCUT2D eigenvalue weighted by atomic mass is 10.0. The number of aliphatic imine (C=N–C) groups is 1. The van der Waals surface area contributed by atoms with Crippen molar-refractivity contribution in [1.82, 2.24) is 4.90 Å². The number of amides is 1. The van der Waals surface area contributed by atoms with Crippen LogP contribution in [0.4, 0.5) is 0 Å². The first-order valence-electron chi connectivity index (χ1n) is 6.89. The average Bonchev–Trinajstić information content (AvgIpc) is 2.46. The monoisotopic (exact) mass is 271 g/mol. The molecule has 1 atom stereocenters. The Labute approximate surface area is 114 Å². The average molecular weight is 271 g/mol. The van der Waals surface area contributed by atoms with Gasteiger partial charge in [-0.2, -0.15) is 0 Å². The molecule has 0 aliphatic carbocycles. The van der Waals surface area contributed by atoms with E-state index in [-0.39, 0.29) is 11.9 Å². The van der Waals surface area contributed by atoms with Crippen molar-refractivity contribution in [2.45, 2.75) is 25.3 Å². The van der Waals surface area contributed by atoms with Crippen LogP contribution < -0.4 is 5.73 Å². The first kappa shape index (κ1) is 16.2. The summed E-state index contributed by atoms with van der Waals surface area (Å²) in [7, 11) is 0. The maximum atomic E-state index is 11.6. The predicted octanol–water partition coefficient (Wildman–Crippen LogP) is 0.0600. The van der Waals surface area contributed by atoms with Crippen molar-refractivity contribution in [2.24, 2.45) is 10.7 Å². The fourth-order valence-corrected chi connectivity index (χ4v) is 2.23. The Balaban J connectivity index is 2.15. The molecule has 0 aromatic carbocycles. The van der Waals surface area contributed by atoms with E-state index in [9.17, 15) is 4.79 Å². The second kappa shape index (κ2) is 10.0. The van der Waals surface area contributed by atoms with E-state index in [0.29, 0.717) is 33.0 Å². The minimum Gasteiger partial charge on any atom is -0.378 e. The second-order valence-corrected chi connectivity index (χ2v) is 4.56. The number of hydrogen-bond donors (Lipinski definition) is 1. The minimum atomic E-state index is -0.119. The lowest BCUT2D eigenvalue weighted by Gasteiger charge is -2.33. The fourth-order valence-electron chi connectivity index (χ4n) is 2.23. The molecule has 2 N–H and O–H groups in total. The van der Waals surface area contributed by atoms with Gasteiger partial charge in [0.25, 0.3) is 5.91 Å². The molecule has 1 aliphatic rings. The third-order valence-electron chi connectivity index (χ3n) is 3.21. The predicted molar refractivity (Wildman–Crippen MR) is 74.5 cm³/mol. The number of rotatable bonds is 9. The molecule has 0 unspecified atom stereocenters. The lowest BCUT2D eigenvalue weighted by molar-refractivity contribution is -0.124. The Bertz CT molecular complexity index is 274. The quantitative estimate of drug-likeness (QED) is 0.474. The van der Waals surface area contributed by atoms with Crippen molar-refractivity contribution in [1.29, 1.82) is 0 Å². The molecule has 0 radical (unpaired) electrons. The van der Waals surface area contributed by atoms with E-state index in [4.69, 9.17) is 15.2 Å². The maximum Gasteiger partial charge on any atom is 0.262 e. The van der Waals surface area contributed by atoms with Gasteiger partial charge in [0.15, 0.2) is 0 Å². The van der Waals surface area contributed by atoms with Crippen LogP contribution in [-0.4, -0.2) is 69.6 Å². The molecule has 19 heavy (non-hydrogen) atoms. The van der Waals surface area contributed by atoms with Crippen molar-refractivity contribution in [3.63, 3.8) is 0 Å². The number of likely N-dealkylation sites (tertiary alicyclic amines) is 1. The smallest absolute Gasteiger partial charge is 0.262 e. The standard InChI is InChI=1S/C13H25N3O3/c1-15-13(17)12-4-2-3-6-16(12)7-9-19-11-10-18-8-5-14/h12H,1-11,14H2/t12-/m1/s1. The molecule has 0 bridgehead atoms. The van der Waals surface area contributed by atoms with Gasteiger partial charge in [-0.1, -0.05) is 6.42 Å². The topological polar surface area (TPSA) is 77.2 Å². The highest BCUT2D eigenvalue weighted by molar-refractivity contribution is 5.85. The van der Waals surface area contributed by atoms with Gasteiger partial charge < -0.3 is 15.2 Å². The Morgan fingerprint density at radius 1 is 1.26 bits per heavy atom. The maximum absolute atomic E-state index is 11.6. The number of hydrogen-bond acceptors (Lipinski definition) is 5. The number of nitrogens with zero attached hydrogens (tertiary/aromatic N) is 2. The summed E-state index contributed by atoms with van der Waals surface area (Å²) in [4.78, 5) is 17.3. The van der Waals surface area contributed by atoms with E-state index in [1.807, 2.05) is 0 Å². The van der Waals surface area contributed by atoms with Gasteiger partial charge >= 0.3 is 0 Å². The van der Waals surface area contributed by atoms with Crippen molar-refractivity contribution in [3.05, 3.63) is 0 Å². The summed E-state index contributed by atoms with van der Waals surface area (Å²) in [5.41, 5.74) is 5.31. The van der Waals surface area contributed by atoms with Crippen LogP contribution >= 0.6 is 0 Å². The van der Waals surface area contributed by atoms with Crippen LogP contribution in [0, 0.1) is 0 Å². The first-order valence-corrected chi connectivity index (χ1v) is 6.89. The van der Waals surface area contributed by atoms with Crippen LogP contribution in [0.1, 0.15) is 19.3 Å². The van der Waals surface area contributed by atoms with E-state index in [2.05, 4.69) is 16.6 Å². The van der Waals surface area contributed by atoms with E-state index in [0.717, 1.165) is 32.4 Å². The summed E-state index contributed by atoms with van der Waals surface area (Å²) in [6.07, 6.45) is 3.08. The highest BCUT2D eigenvalue weighted by atomic mass is 16.5. The Morgan fingerprint density at radius 2 is 2.00 bits per heavy atom. The summed E-state index contributed by atoms with van der Waals surface area (Å²) in [6.45, 7) is 7.84. The molecule has 110 valence electrons. The van der Waals surface area contributed by atoms with Crippen LogP contribution in [-0.2, 0) is 14.3 Å². The summed E-state index contributed by atoms with van der Waals surface area (Å²) < 4.78 is 10.7. The number of carbonyl (C=O) groups excluding carboxylic acids is 1. The van der Waals surface area contributed by atoms with Crippen LogP contribution in [0.25, 0.3) is 0 Å². The van der Waals surface area contributed by atoms with Gasteiger partial charge in [0.1, 0.15) is 0 Å². The van der Waals surface area contributed by atoms with Crippen molar-refractivity contribution in [3.8, 4) is 0 Å². The Hall–Kier alpha value is -0.820. The molecule has 1 fully saturated rings. The van der Waals surface area contributed by atoms with E-state index in [1.54, 1.807) is 0 Å². The van der Waals surface area contributed by atoms with Gasteiger partial charge in [-0.05, 0) is 26.1 Å². The molecule has 1 saturated heterocycles. The van der Waals surface area contributed by atoms with Gasteiger partial charge in [-0.3, -0.25) is 9.69 Å². The minimum absolute atomic E-state index is 0.108. The molecule has 0 saturated carbocycles. The zero-order valence-corrected chi connectivity index (χ0v) is 11.6. The molecule has 6 heteroatoms. The van der Waals surface area contributed by atoms with Gasteiger partial charge in [0.2, 0.25) is 0 Å². The highest BCUT2D eigenvalue weighted by Crippen LogP contribution is 2.17. The third kappa shape index (κ3) is 6.24. The van der Waals surface area contributed by atoms with Crippen molar-refractivity contribution in [2.75, 3.05) is 46.1 Å². The SMILES string of the molecule is C=NC(=O)[C@H]1CCCCN1CCOCCOCCN. The summed E-state index contributed by atoms with van der Waals surface area (Å²) in [6, 6.07) is -0.108. The number of nitrogens with two attached hydrogens (primary N) is 1. The zero-order valence-electron chi connectivity index (χ0n) is 11.6. The van der Waals surface area contributed by atoms with Crippen LogP contribution in [0.15, 0.2) is 4.99 Å². The molecule has 0 aromatic heterocycles. The molecule has 0 spiro atoms. The lowest BCUT2D eigenvalue weighted by Crippen LogP contribution is -2.45. The molecular formula is C13H25N3O3. The third-order valence-corrected chi connectivity index (χ3v) is 3.21. The normalized spacial score (nSPS) is 20.4. The number of ether oxygens (including phenoxy) is 2. The van der Waals surface area contributed by atoms with E-state index in [1.165, 1.54) is 0 Å². The summed E-state index contributed by atoms with van der Waals surface area (Å²) in [5.74, 6) is -0.119. The Kier molecular flexibility index (Phi) is 8.57. The first-order chi connectivity index (χ1) is 9.29. The highest BCUT2D eigenvalue weighted by Gasteiger charge is 2.27. The van der Waals surface area contributed by atoms with Gasteiger partial charge in [-0.25, -0.2) is 4.99 Å². The summed E-state index contributed by atoms with van der Waals surface area (Å²) >= 11 is 0. The zero-order chi connectivity index (χ0) is 13.9. The van der Waals surface area contributed by atoms with Crippen molar-refractivity contribution < 1.29 is 14.3 Å². The molecule has 1 amide bonds. The molecule has 0 aromatic rings. The van der Waals surface area contributed by atoms with Gasteiger partial charge in [0, 0.05) is 13.1 Å². The van der Waals surface area contributed by atoms with Crippen LogP contribution in [0.2, 0.25) is 0 Å². The van der Waals surface area contributed by atoms with Crippen LogP contribution in [0.5, 0.6) is 0 Å². The molecule has 1 heterocycles. The van der Waals surface area contributed by atoms with Gasteiger partial charge in [-0.15, -0.1) is 0 Å². The fraction of sp³-hybridized carbons (Fsp3) is 0.846. The summed E-state index contributed by atoms with van der Waals surface area (Å²) in [5, 5.41) is 0. The number of carbonyl (C=O) groups is 1. The molecular weight excluding hydrogens is 246 g/mol. The van der Waals surface area contributed by atoms with E-state index < -0.39 is 0 Å². The van der Waals surface area contributed by atoms with Gasteiger partial charge in [0.05, 0.1) is 32.5 Å². The molecule has 1 aliphatic heterocycles. The largest absolute Gasteiger partial charge is 0.378 e. The Morgan fingerprint density at radius 3 is 2.68 bits per heavy atom. The molecule has 1 rings (SSSR count). The van der Waals surface area contributed by atoms with E-state index >= 15 is 0 Å². The van der Waals surface area contributed by atoms with Crippen LogP contribution in [0.3, 0.4) is 0 Å². The number of piperidine rings is 1.